The number of carbonyl (C=O) groups is 1. The van der Waals surface area contributed by atoms with Gasteiger partial charge in [0.2, 0.25) is 0 Å². The monoisotopic (exact) mass is 535 g/mol. The summed E-state index contributed by atoms with van der Waals surface area (Å²) in [7, 11) is -3.28. The predicted molar refractivity (Wildman–Crippen MR) is 146 cm³/mol. The zero-order chi connectivity index (χ0) is 27.2. The standard InChI is InChI=1S/C28H33N5O4S/c1-6-24-23-12-7-19(25-13-15-29-32(25)20-8-10-22(11-9-20)38(5,35)36)17-26(23)33(30-24)21-14-16-31(18-21)27(34)37-28(2,3)4/h7-13,15,17,21H,6,14,16,18H2,1-5H3. The molecule has 4 aromatic rings. The van der Waals surface area contributed by atoms with Gasteiger partial charge in [-0.1, -0.05) is 19.1 Å². The van der Waals surface area contributed by atoms with Gasteiger partial charge in [-0.05, 0) is 70.0 Å². The van der Waals surface area contributed by atoms with Gasteiger partial charge in [0, 0.05) is 30.3 Å². The minimum absolute atomic E-state index is 0.0500. The number of aryl methyl sites for hydroxylation is 1. The molecular formula is C28H33N5O4S. The summed E-state index contributed by atoms with van der Waals surface area (Å²) in [5.41, 5.74) is 4.11. The van der Waals surface area contributed by atoms with Crippen LogP contribution in [-0.4, -0.2) is 63.9 Å². The van der Waals surface area contributed by atoms with Crippen molar-refractivity contribution >= 4 is 26.8 Å². The Morgan fingerprint density at radius 1 is 1.11 bits per heavy atom. The van der Waals surface area contributed by atoms with Gasteiger partial charge in [-0.3, -0.25) is 4.68 Å². The number of sulfone groups is 1. The maximum absolute atomic E-state index is 12.7. The third-order valence-electron chi connectivity index (χ3n) is 6.73. The van der Waals surface area contributed by atoms with E-state index in [2.05, 4.69) is 34.9 Å². The van der Waals surface area contributed by atoms with Gasteiger partial charge in [0.15, 0.2) is 9.84 Å². The van der Waals surface area contributed by atoms with Crippen LogP contribution in [0.1, 0.15) is 45.9 Å². The zero-order valence-electron chi connectivity index (χ0n) is 22.4. The highest BCUT2D eigenvalue weighted by Gasteiger charge is 2.32. The molecule has 0 radical (unpaired) electrons. The number of amides is 1. The molecule has 5 rings (SSSR count). The minimum Gasteiger partial charge on any atom is -0.444 e. The van der Waals surface area contributed by atoms with Gasteiger partial charge in [-0.25, -0.2) is 17.9 Å². The summed E-state index contributed by atoms with van der Waals surface area (Å²) in [6.07, 6.45) is 4.23. The van der Waals surface area contributed by atoms with Crippen LogP contribution in [0.25, 0.3) is 27.8 Å². The Labute approximate surface area is 222 Å². The Bertz CT molecular complexity index is 1600. The molecule has 10 heteroatoms. The van der Waals surface area contributed by atoms with Crippen molar-refractivity contribution < 1.29 is 17.9 Å². The molecule has 1 amide bonds. The lowest BCUT2D eigenvalue weighted by molar-refractivity contribution is 0.0288. The smallest absolute Gasteiger partial charge is 0.410 e. The number of fused-ring (bicyclic) bond motifs is 1. The molecule has 1 unspecified atom stereocenters. The molecule has 200 valence electrons. The van der Waals surface area contributed by atoms with Crippen LogP contribution in [0.3, 0.4) is 0 Å². The summed E-state index contributed by atoms with van der Waals surface area (Å²) < 4.78 is 33.2. The van der Waals surface area contributed by atoms with Crippen LogP contribution in [0, 0.1) is 0 Å². The van der Waals surface area contributed by atoms with Crippen molar-refractivity contribution in [2.75, 3.05) is 19.3 Å². The third kappa shape index (κ3) is 5.05. The van der Waals surface area contributed by atoms with Gasteiger partial charge in [0.05, 0.1) is 39.7 Å². The van der Waals surface area contributed by atoms with Crippen LogP contribution in [0.4, 0.5) is 4.79 Å². The van der Waals surface area contributed by atoms with Crippen LogP contribution in [0.15, 0.2) is 59.6 Å². The summed E-state index contributed by atoms with van der Waals surface area (Å²) in [6.45, 7) is 8.89. The molecule has 1 saturated heterocycles. The average Bonchev–Trinajstić information content (AvgIpc) is 3.60. The summed E-state index contributed by atoms with van der Waals surface area (Å²) in [5.74, 6) is 0. The van der Waals surface area contributed by atoms with E-state index in [4.69, 9.17) is 9.84 Å². The molecule has 1 fully saturated rings. The van der Waals surface area contributed by atoms with Crippen LogP contribution >= 0.6 is 0 Å². The second-order valence-electron chi connectivity index (χ2n) is 10.7. The molecule has 1 aliphatic rings. The molecule has 0 spiro atoms. The maximum Gasteiger partial charge on any atom is 0.410 e. The molecule has 2 aromatic heterocycles. The van der Waals surface area contributed by atoms with E-state index in [0.29, 0.717) is 13.1 Å². The molecule has 1 atom stereocenters. The Hall–Kier alpha value is -3.66. The topological polar surface area (TPSA) is 99.3 Å². The van der Waals surface area contributed by atoms with Gasteiger partial charge >= 0.3 is 6.09 Å². The molecule has 0 bridgehead atoms. The second-order valence-corrected chi connectivity index (χ2v) is 12.8. The number of aromatic nitrogens is 4. The third-order valence-corrected chi connectivity index (χ3v) is 7.86. The minimum atomic E-state index is -3.28. The second kappa shape index (κ2) is 9.58. The van der Waals surface area contributed by atoms with E-state index in [1.807, 2.05) is 26.8 Å². The van der Waals surface area contributed by atoms with Gasteiger partial charge in [0.25, 0.3) is 0 Å². The first-order valence-corrected chi connectivity index (χ1v) is 14.7. The van der Waals surface area contributed by atoms with Crippen molar-refractivity contribution in [3.8, 4) is 16.9 Å². The van der Waals surface area contributed by atoms with E-state index in [-0.39, 0.29) is 17.0 Å². The summed E-state index contributed by atoms with van der Waals surface area (Å²) in [6, 6.07) is 15.0. The first-order valence-electron chi connectivity index (χ1n) is 12.8. The molecule has 0 saturated carbocycles. The Morgan fingerprint density at radius 3 is 2.50 bits per heavy atom. The van der Waals surface area contributed by atoms with E-state index in [1.165, 1.54) is 6.26 Å². The Kier molecular flexibility index (Phi) is 6.54. The molecular weight excluding hydrogens is 502 g/mol. The lowest BCUT2D eigenvalue weighted by atomic mass is 10.1. The fraction of sp³-hybridized carbons (Fsp3) is 0.393. The van der Waals surface area contributed by atoms with Crippen molar-refractivity contribution in [3.63, 3.8) is 0 Å². The van der Waals surface area contributed by atoms with Crippen molar-refractivity contribution in [1.29, 1.82) is 0 Å². The molecule has 9 nitrogen and oxygen atoms in total. The van der Waals surface area contributed by atoms with Crippen LogP contribution in [0.5, 0.6) is 0 Å². The molecule has 0 aliphatic carbocycles. The van der Waals surface area contributed by atoms with E-state index in [0.717, 1.165) is 46.4 Å². The zero-order valence-corrected chi connectivity index (χ0v) is 23.2. The largest absolute Gasteiger partial charge is 0.444 e. The van der Waals surface area contributed by atoms with E-state index >= 15 is 0 Å². The van der Waals surface area contributed by atoms with Crippen LogP contribution in [0.2, 0.25) is 0 Å². The van der Waals surface area contributed by atoms with Gasteiger partial charge in [-0.2, -0.15) is 10.2 Å². The van der Waals surface area contributed by atoms with Crippen molar-refractivity contribution in [2.45, 2.75) is 57.1 Å². The average molecular weight is 536 g/mol. The highest BCUT2D eigenvalue weighted by atomic mass is 32.2. The first-order chi connectivity index (χ1) is 17.9. The predicted octanol–water partition coefficient (Wildman–Crippen LogP) is 5.04. The highest BCUT2D eigenvalue weighted by Crippen LogP contribution is 2.32. The number of ether oxygens (including phenoxy) is 1. The summed E-state index contributed by atoms with van der Waals surface area (Å²) >= 11 is 0. The van der Waals surface area contributed by atoms with Crippen molar-refractivity contribution in [1.82, 2.24) is 24.5 Å². The number of rotatable bonds is 5. The SMILES string of the molecule is CCc1nn(C2CCN(C(=O)OC(C)(C)C)C2)c2cc(-c3ccnn3-c3ccc(S(C)(=O)=O)cc3)ccc12. The summed E-state index contributed by atoms with van der Waals surface area (Å²) in [5, 5.41) is 10.5. The number of hydrogen-bond acceptors (Lipinski definition) is 6. The van der Waals surface area contributed by atoms with E-state index < -0.39 is 15.4 Å². The Morgan fingerprint density at radius 2 is 1.84 bits per heavy atom. The molecule has 3 heterocycles. The Balaban J connectivity index is 1.49. The fourth-order valence-electron chi connectivity index (χ4n) is 4.90. The molecule has 38 heavy (non-hydrogen) atoms. The van der Waals surface area contributed by atoms with Gasteiger partial charge in [0.1, 0.15) is 5.60 Å². The highest BCUT2D eigenvalue weighted by molar-refractivity contribution is 7.90. The van der Waals surface area contributed by atoms with Crippen molar-refractivity contribution in [2.24, 2.45) is 0 Å². The van der Waals surface area contributed by atoms with Gasteiger partial charge < -0.3 is 9.64 Å². The first kappa shape index (κ1) is 26.0. The number of nitrogens with zero attached hydrogens (tertiary/aromatic N) is 5. The van der Waals surface area contributed by atoms with E-state index in [9.17, 15) is 13.2 Å². The van der Waals surface area contributed by atoms with Crippen LogP contribution in [-0.2, 0) is 21.0 Å². The lowest BCUT2D eigenvalue weighted by Crippen LogP contribution is -2.35. The summed E-state index contributed by atoms with van der Waals surface area (Å²) in [4.78, 5) is 14.7. The lowest BCUT2D eigenvalue weighted by Gasteiger charge is -2.24. The molecule has 2 aromatic carbocycles. The number of carbonyl (C=O) groups excluding carboxylic acids is 1. The maximum atomic E-state index is 12.7. The molecule has 1 aliphatic heterocycles. The molecule has 0 N–H and O–H groups in total. The van der Waals surface area contributed by atoms with Crippen molar-refractivity contribution in [3.05, 3.63) is 60.4 Å². The number of hydrogen-bond donors (Lipinski definition) is 0. The number of likely N-dealkylation sites (tertiary alicyclic amines) is 1. The van der Waals surface area contributed by atoms with E-state index in [1.54, 1.807) is 40.0 Å². The fourth-order valence-corrected chi connectivity index (χ4v) is 5.53. The van der Waals surface area contributed by atoms with Crippen LogP contribution < -0.4 is 0 Å². The normalized spacial score (nSPS) is 16.3. The van der Waals surface area contributed by atoms with Gasteiger partial charge in [-0.15, -0.1) is 0 Å². The number of benzene rings is 2. The quantitative estimate of drug-likeness (QED) is 0.355.